The molecular formula is C12H18N2O3S. The summed E-state index contributed by atoms with van der Waals surface area (Å²) in [4.78, 5) is 4.05. The molecule has 0 amide bonds. The number of hydrogen-bond acceptors (Lipinski definition) is 4. The molecule has 1 aromatic heterocycles. The topological polar surface area (TPSA) is 59.5 Å². The van der Waals surface area contributed by atoms with Crippen molar-refractivity contribution in [2.45, 2.75) is 25.9 Å². The minimum absolute atomic E-state index is 0.0729. The highest BCUT2D eigenvalue weighted by Crippen LogP contribution is 2.19. The zero-order chi connectivity index (χ0) is 13.0. The van der Waals surface area contributed by atoms with Crippen molar-refractivity contribution in [1.82, 2.24) is 9.29 Å². The van der Waals surface area contributed by atoms with Gasteiger partial charge in [0.2, 0.25) is 15.9 Å². The third kappa shape index (κ3) is 3.20. The Hall–Kier alpha value is -1.14. The molecule has 1 saturated heterocycles. The first-order valence-corrected chi connectivity index (χ1v) is 7.78. The third-order valence-electron chi connectivity index (χ3n) is 2.89. The van der Waals surface area contributed by atoms with E-state index in [1.165, 1.54) is 4.31 Å². The first kappa shape index (κ1) is 13.3. The SMILES string of the molecule is CCCCS(=O)(=O)N1CC(Oc2ccccn2)C1. The lowest BCUT2D eigenvalue weighted by Crippen LogP contribution is -2.56. The molecule has 18 heavy (non-hydrogen) atoms. The second kappa shape index (κ2) is 5.67. The lowest BCUT2D eigenvalue weighted by Gasteiger charge is -2.37. The minimum Gasteiger partial charge on any atom is -0.472 e. The van der Waals surface area contributed by atoms with Crippen molar-refractivity contribution >= 4 is 10.0 Å². The molecule has 0 aliphatic carbocycles. The summed E-state index contributed by atoms with van der Waals surface area (Å²) < 4.78 is 30.7. The molecule has 0 saturated carbocycles. The molecule has 0 N–H and O–H groups in total. The predicted octanol–water partition coefficient (Wildman–Crippen LogP) is 1.27. The summed E-state index contributed by atoms with van der Waals surface area (Å²) in [5.74, 6) is 0.785. The fraction of sp³-hybridized carbons (Fsp3) is 0.583. The summed E-state index contributed by atoms with van der Waals surface area (Å²) in [5.41, 5.74) is 0. The largest absolute Gasteiger partial charge is 0.472 e. The maximum absolute atomic E-state index is 11.8. The Kier molecular flexibility index (Phi) is 4.19. The Morgan fingerprint density at radius 2 is 2.22 bits per heavy atom. The maximum atomic E-state index is 11.8. The van der Waals surface area contributed by atoms with E-state index in [1.54, 1.807) is 12.3 Å². The van der Waals surface area contributed by atoms with Gasteiger partial charge in [-0.3, -0.25) is 0 Å². The molecule has 6 heteroatoms. The van der Waals surface area contributed by atoms with Gasteiger partial charge in [-0.05, 0) is 12.5 Å². The summed E-state index contributed by atoms with van der Waals surface area (Å²) in [7, 11) is -3.08. The van der Waals surface area contributed by atoms with Crippen LogP contribution in [0.2, 0.25) is 0 Å². The second-order valence-electron chi connectivity index (χ2n) is 4.39. The van der Waals surface area contributed by atoms with Crippen LogP contribution in [0.4, 0.5) is 0 Å². The van der Waals surface area contributed by atoms with Crippen LogP contribution in [0.25, 0.3) is 0 Å². The minimum atomic E-state index is -3.08. The van der Waals surface area contributed by atoms with Crippen molar-refractivity contribution in [3.8, 4) is 5.88 Å². The molecule has 100 valence electrons. The number of ether oxygens (including phenoxy) is 1. The van der Waals surface area contributed by atoms with Crippen LogP contribution in [0.15, 0.2) is 24.4 Å². The summed E-state index contributed by atoms with van der Waals surface area (Å²) in [6.45, 7) is 2.85. The number of sulfonamides is 1. The van der Waals surface area contributed by atoms with E-state index in [9.17, 15) is 8.42 Å². The summed E-state index contributed by atoms with van der Waals surface area (Å²) in [5, 5.41) is 0. The molecule has 1 aliphatic heterocycles. The number of hydrogen-bond donors (Lipinski definition) is 0. The Morgan fingerprint density at radius 3 is 2.83 bits per heavy atom. The van der Waals surface area contributed by atoms with Crippen LogP contribution in [-0.2, 0) is 10.0 Å². The smallest absolute Gasteiger partial charge is 0.214 e. The highest BCUT2D eigenvalue weighted by molar-refractivity contribution is 7.89. The number of nitrogens with zero attached hydrogens (tertiary/aromatic N) is 2. The summed E-state index contributed by atoms with van der Waals surface area (Å²) >= 11 is 0. The molecule has 0 unspecified atom stereocenters. The molecule has 0 bridgehead atoms. The Morgan fingerprint density at radius 1 is 1.44 bits per heavy atom. The van der Waals surface area contributed by atoms with Gasteiger partial charge in [0.05, 0.1) is 18.8 Å². The molecule has 1 aromatic rings. The van der Waals surface area contributed by atoms with Gasteiger partial charge in [-0.25, -0.2) is 13.4 Å². The zero-order valence-electron chi connectivity index (χ0n) is 10.4. The standard InChI is InChI=1S/C12H18N2O3S/c1-2-3-8-18(15,16)14-9-11(10-14)17-12-6-4-5-7-13-12/h4-7,11H,2-3,8-10H2,1H3. The van der Waals surface area contributed by atoms with E-state index >= 15 is 0 Å². The van der Waals surface area contributed by atoms with Crippen molar-refractivity contribution < 1.29 is 13.2 Å². The molecule has 0 spiro atoms. The van der Waals surface area contributed by atoms with Crippen molar-refractivity contribution in [3.63, 3.8) is 0 Å². The van der Waals surface area contributed by atoms with Gasteiger partial charge < -0.3 is 4.74 Å². The third-order valence-corrected chi connectivity index (χ3v) is 4.78. The Balaban J connectivity index is 1.80. The maximum Gasteiger partial charge on any atom is 0.214 e. The lowest BCUT2D eigenvalue weighted by atomic mass is 10.2. The van der Waals surface area contributed by atoms with E-state index in [-0.39, 0.29) is 11.9 Å². The van der Waals surface area contributed by atoms with Crippen LogP contribution < -0.4 is 4.74 Å². The van der Waals surface area contributed by atoms with Gasteiger partial charge in [-0.15, -0.1) is 0 Å². The van der Waals surface area contributed by atoms with E-state index < -0.39 is 10.0 Å². The van der Waals surface area contributed by atoms with E-state index in [4.69, 9.17) is 4.74 Å². The quantitative estimate of drug-likeness (QED) is 0.781. The first-order chi connectivity index (χ1) is 8.62. The van der Waals surface area contributed by atoms with E-state index in [0.717, 1.165) is 6.42 Å². The van der Waals surface area contributed by atoms with Crippen LogP contribution in [0.5, 0.6) is 5.88 Å². The van der Waals surface area contributed by atoms with Gasteiger partial charge in [0.15, 0.2) is 0 Å². The van der Waals surface area contributed by atoms with E-state index in [1.807, 2.05) is 19.1 Å². The Labute approximate surface area is 108 Å². The van der Waals surface area contributed by atoms with Gasteiger partial charge in [0.25, 0.3) is 0 Å². The van der Waals surface area contributed by atoms with Gasteiger partial charge >= 0.3 is 0 Å². The monoisotopic (exact) mass is 270 g/mol. The second-order valence-corrected chi connectivity index (χ2v) is 6.48. The normalized spacial score (nSPS) is 17.4. The number of unbranched alkanes of at least 4 members (excludes halogenated alkanes) is 1. The summed E-state index contributed by atoms with van der Waals surface area (Å²) in [6.07, 6.45) is 3.19. The van der Waals surface area contributed by atoms with Crippen molar-refractivity contribution in [2.75, 3.05) is 18.8 Å². The molecule has 1 aliphatic rings. The van der Waals surface area contributed by atoms with Gasteiger partial charge in [0.1, 0.15) is 6.10 Å². The van der Waals surface area contributed by atoms with Gasteiger partial charge in [0, 0.05) is 12.3 Å². The zero-order valence-corrected chi connectivity index (χ0v) is 11.3. The van der Waals surface area contributed by atoms with E-state index in [0.29, 0.717) is 25.4 Å². The molecular weight excluding hydrogens is 252 g/mol. The van der Waals surface area contributed by atoms with Crippen LogP contribution >= 0.6 is 0 Å². The van der Waals surface area contributed by atoms with Crippen LogP contribution in [0.3, 0.4) is 0 Å². The highest BCUT2D eigenvalue weighted by atomic mass is 32.2. The highest BCUT2D eigenvalue weighted by Gasteiger charge is 2.36. The van der Waals surface area contributed by atoms with Crippen molar-refractivity contribution in [2.24, 2.45) is 0 Å². The molecule has 2 heterocycles. The van der Waals surface area contributed by atoms with Crippen molar-refractivity contribution in [3.05, 3.63) is 24.4 Å². The predicted molar refractivity (Wildman–Crippen MR) is 68.9 cm³/mol. The van der Waals surface area contributed by atoms with Crippen LogP contribution in [-0.4, -0.2) is 42.7 Å². The molecule has 0 aromatic carbocycles. The number of rotatable bonds is 6. The molecule has 2 rings (SSSR count). The van der Waals surface area contributed by atoms with E-state index in [2.05, 4.69) is 4.98 Å². The molecule has 5 nitrogen and oxygen atoms in total. The molecule has 0 radical (unpaired) electrons. The number of pyridine rings is 1. The average Bonchev–Trinajstić information content (AvgIpc) is 2.32. The fourth-order valence-corrected chi connectivity index (χ4v) is 3.44. The average molecular weight is 270 g/mol. The Bertz CT molecular complexity index is 469. The fourth-order valence-electron chi connectivity index (χ4n) is 1.75. The molecule has 1 fully saturated rings. The van der Waals surface area contributed by atoms with Gasteiger partial charge in [-0.2, -0.15) is 4.31 Å². The lowest BCUT2D eigenvalue weighted by molar-refractivity contribution is 0.0721. The van der Waals surface area contributed by atoms with Crippen LogP contribution in [0.1, 0.15) is 19.8 Å². The molecule has 0 atom stereocenters. The number of aromatic nitrogens is 1. The van der Waals surface area contributed by atoms with Gasteiger partial charge in [-0.1, -0.05) is 19.4 Å². The first-order valence-electron chi connectivity index (χ1n) is 6.17. The van der Waals surface area contributed by atoms with Crippen molar-refractivity contribution in [1.29, 1.82) is 0 Å². The summed E-state index contributed by atoms with van der Waals surface area (Å²) in [6, 6.07) is 5.43. The van der Waals surface area contributed by atoms with Crippen LogP contribution in [0, 0.1) is 0 Å².